The molecule has 2 rings (SSSR count). The highest BCUT2D eigenvalue weighted by Crippen LogP contribution is 2.27. The van der Waals surface area contributed by atoms with Crippen LogP contribution in [0.4, 0.5) is 0 Å². The lowest BCUT2D eigenvalue weighted by molar-refractivity contribution is 0.350. The third-order valence-electron chi connectivity index (χ3n) is 3.60. The molecule has 0 radical (unpaired) electrons. The number of aryl methyl sites for hydroxylation is 1. The second kappa shape index (κ2) is 4.53. The lowest BCUT2D eigenvalue weighted by Gasteiger charge is -2.21. The van der Waals surface area contributed by atoms with E-state index < -0.39 is 5.54 Å². The van der Waals surface area contributed by atoms with Crippen LogP contribution in [0.2, 0.25) is 0 Å². The van der Waals surface area contributed by atoms with E-state index in [1.807, 2.05) is 27.8 Å². The van der Waals surface area contributed by atoms with Crippen LogP contribution in [0.25, 0.3) is 11.5 Å². The highest BCUT2D eigenvalue weighted by Gasteiger charge is 2.29. The van der Waals surface area contributed by atoms with Gasteiger partial charge in [0, 0.05) is 12.7 Å². The smallest absolute Gasteiger partial charge is 0.261 e. The van der Waals surface area contributed by atoms with Crippen molar-refractivity contribution < 1.29 is 4.52 Å². The molecule has 0 fully saturated rings. The highest BCUT2D eigenvalue weighted by atomic mass is 16.5. The van der Waals surface area contributed by atoms with Crippen molar-refractivity contribution in [2.45, 2.75) is 39.2 Å². The van der Waals surface area contributed by atoms with Gasteiger partial charge in [0.25, 0.3) is 5.89 Å². The number of nitrogens with zero attached hydrogens (tertiary/aromatic N) is 4. The first-order chi connectivity index (χ1) is 8.51. The molecule has 0 aromatic carbocycles. The summed E-state index contributed by atoms with van der Waals surface area (Å²) >= 11 is 0. The minimum atomic E-state index is -0.516. The Morgan fingerprint density at radius 3 is 2.56 bits per heavy atom. The first kappa shape index (κ1) is 12.8. The molecule has 0 saturated heterocycles. The van der Waals surface area contributed by atoms with E-state index in [-0.39, 0.29) is 0 Å². The van der Waals surface area contributed by atoms with Gasteiger partial charge < -0.3 is 10.3 Å². The quantitative estimate of drug-likeness (QED) is 0.892. The maximum atomic E-state index is 6.25. The summed E-state index contributed by atoms with van der Waals surface area (Å²) in [6.07, 6.45) is 3.27. The van der Waals surface area contributed by atoms with Gasteiger partial charge in [0.1, 0.15) is 0 Å². The molecule has 0 unspecified atom stereocenters. The van der Waals surface area contributed by atoms with Crippen LogP contribution < -0.4 is 5.73 Å². The van der Waals surface area contributed by atoms with Gasteiger partial charge in [0.2, 0.25) is 0 Å². The van der Waals surface area contributed by atoms with E-state index in [0.29, 0.717) is 11.7 Å². The van der Waals surface area contributed by atoms with E-state index in [0.717, 1.165) is 24.1 Å². The fourth-order valence-corrected chi connectivity index (χ4v) is 1.81. The van der Waals surface area contributed by atoms with E-state index >= 15 is 0 Å². The normalized spacial score (nSPS) is 12.1. The van der Waals surface area contributed by atoms with Gasteiger partial charge in [-0.1, -0.05) is 19.0 Å². The second-order valence-corrected chi connectivity index (χ2v) is 4.55. The predicted octanol–water partition coefficient (Wildman–Crippen LogP) is 1.75. The summed E-state index contributed by atoms with van der Waals surface area (Å²) in [6, 6.07) is 0. The van der Waals surface area contributed by atoms with Crippen LogP contribution in [0.15, 0.2) is 10.7 Å². The Morgan fingerprint density at radius 2 is 2.06 bits per heavy atom. The van der Waals surface area contributed by atoms with Gasteiger partial charge in [-0.25, -0.2) is 0 Å². The lowest BCUT2D eigenvalue weighted by atomic mass is 9.93. The van der Waals surface area contributed by atoms with Gasteiger partial charge in [-0.2, -0.15) is 10.1 Å². The van der Waals surface area contributed by atoms with Crippen LogP contribution in [0.5, 0.6) is 0 Å². The molecule has 2 N–H and O–H groups in total. The summed E-state index contributed by atoms with van der Waals surface area (Å²) in [5.41, 5.74) is 7.57. The number of hydrogen-bond acceptors (Lipinski definition) is 5. The molecule has 0 bridgehead atoms. The molecule has 0 aliphatic carbocycles. The zero-order valence-corrected chi connectivity index (χ0v) is 11.3. The molecule has 98 valence electrons. The zero-order chi connectivity index (χ0) is 13.3. The summed E-state index contributed by atoms with van der Waals surface area (Å²) in [5, 5.41) is 8.17. The summed E-state index contributed by atoms with van der Waals surface area (Å²) < 4.78 is 7.07. The Morgan fingerprint density at radius 1 is 1.39 bits per heavy atom. The molecule has 2 aromatic heterocycles. The van der Waals surface area contributed by atoms with Crippen molar-refractivity contribution in [1.82, 2.24) is 19.9 Å². The molecular weight excluding hydrogens is 230 g/mol. The average molecular weight is 249 g/mol. The minimum absolute atomic E-state index is 0.479. The Hall–Kier alpha value is -1.69. The van der Waals surface area contributed by atoms with Crippen LogP contribution in [0, 0.1) is 6.92 Å². The van der Waals surface area contributed by atoms with Gasteiger partial charge in [0.15, 0.2) is 5.82 Å². The summed E-state index contributed by atoms with van der Waals surface area (Å²) in [6.45, 7) is 6.01. The van der Waals surface area contributed by atoms with Crippen LogP contribution in [-0.2, 0) is 12.6 Å². The van der Waals surface area contributed by atoms with Crippen LogP contribution >= 0.6 is 0 Å². The summed E-state index contributed by atoms with van der Waals surface area (Å²) in [5.74, 6) is 1.04. The van der Waals surface area contributed by atoms with Crippen molar-refractivity contribution in [2.75, 3.05) is 0 Å². The second-order valence-electron chi connectivity index (χ2n) is 4.55. The van der Waals surface area contributed by atoms with Gasteiger partial charge in [-0.3, -0.25) is 4.68 Å². The first-order valence-electron chi connectivity index (χ1n) is 6.14. The van der Waals surface area contributed by atoms with Crippen LogP contribution in [0.1, 0.15) is 38.2 Å². The molecule has 6 heteroatoms. The topological polar surface area (TPSA) is 82.8 Å². The lowest BCUT2D eigenvalue weighted by Crippen LogP contribution is -2.36. The molecule has 0 amide bonds. The largest absolute Gasteiger partial charge is 0.334 e. The molecule has 0 atom stereocenters. The van der Waals surface area contributed by atoms with Crippen molar-refractivity contribution in [3.05, 3.63) is 17.7 Å². The Bertz CT molecular complexity index is 538. The van der Waals surface area contributed by atoms with E-state index in [1.54, 1.807) is 10.9 Å². The molecule has 2 heterocycles. The molecule has 0 spiro atoms. The molecule has 0 aliphatic heterocycles. The average Bonchev–Trinajstić information content (AvgIpc) is 2.98. The molecule has 6 nitrogen and oxygen atoms in total. The van der Waals surface area contributed by atoms with E-state index in [4.69, 9.17) is 10.3 Å². The van der Waals surface area contributed by atoms with Gasteiger partial charge in [0.05, 0.1) is 17.3 Å². The Labute approximate surface area is 106 Å². The minimum Gasteiger partial charge on any atom is -0.334 e. The summed E-state index contributed by atoms with van der Waals surface area (Å²) in [7, 11) is 1.88. The highest BCUT2D eigenvalue weighted by molar-refractivity contribution is 5.54. The summed E-state index contributed by atoms with van der Waals surface area (Å²) in [4.78, 5) is 4.41. The fourth-order valence-electron chi connectivity index (χ4n) is 1.81. The molecule has 0 aliphatic rings. The third-order valence-corrected chi connectivity index (χ3v) is 3.60. The Balaban J connectivity index is 2.39. The predicted molar refractivity (Wildman–Crippen MR) is 67.7 cm³/mol. The van der Waals surface area contributed by atoms with Crippen molar-refractivity contribution in [1.29, 1.82) is 0 Å². The molecular formula is C12H19N5O. The van der Waals surface area contributed by atoms with Crippen LogP contribution in [-0.4, -0.2) is 19.9 Å². The zero-order valence-electron chi connectivity index (χ0n) is 11.3. The SMILES string of the molecule is CCC(N)(CC)c1noc(-c2cnn(C)c2C)n1. The van der Waals surface area contributed by atoms with Crippen molar-refractivity contribution in [2.24, 2.45) is 12.8 Å². The first-order valence-corrected chi connectivity index (χ1v) is 6.14. The van der Waals surface area contributed by atoms with E-state index in [2.05, 4.69) is 15.2 Å². The van der Waals surface area contributed by atoms with E-state index in [9.17, 15) is 0 Å². The number of nitrogens with two attached hydrogens (primary N) is 1. The third kappa shape index (κ3) is 1.92. The molecule has 18 heavy (non-hydrogen) atoms. The number of rotatable bonds is 4. The van der Waals surface area contributed by atoms with Gasteiger partial charge >= 0.3 is 0 Å². The maximum Gasteiger partial charge on any atom is 0.261 e. The standard InChI is InChI=1S/C12H19N5O/c1-5-12(13,6-2)11-15-10(18-16-11)9-7-14-17(4)8(9)3/h7H,5-6,13H2,1-4H3. The van der Waals surface area contributed by atoms with Gasteiger partial charge in [-0.15, -0.1) is 0 Å². The maximum absolute atomic E-state index is 6.25. The van der Waals surface area contributed by atoms with Crippen LogP contribution in [0.3, 0.4) is 0 Å². The monoisotopic (exact) mass is 249 g/mol. The number of hydrogen-bond donors (Lipinski definition) is 1. The molecule has 2 aromatic rings. The van der Waals surface area contributed by atoms with Crippen molar-refractivity contribution >= 4 is 0 Å². The fraction of sp³-hybridized carbons (Fsp3) is 0.583. The van der Waals surface area contributed by atoms with Crippen molar-refractivity contribution in [3.63, 3.8) is 0 Å². The Kier molecular flexibility index (Phi) is 3.21. The number of aromatic nitrogens is 4. The van der Waals surface area contributed by atoms with E-state index in [1.165, 1.54) is 0 Å². The van der Waals surface area contributed by atoms with Gasteiger partial charge in [-0.05, 0) is 19.8 Å². The van der Waals surface area contributed by atoms with Crippen molar-refractivity contribution in [3.8, 4) is 11.5 Å². The molecule has 0 saturated carbocycles.